The van der Waals surface area contributed by atoms with Crippen molar-refractivity contribution in [1.29, 1.82) is 0 Å². The first-order valence-corrected chi connectivity index (χ1v) is 4.09. The zero-order valence-electron chi connectivity index (χ0n) is 7.45. The highest BCUT2D eigenvalue weighted by Gasteiger charge is 2.06. The summed E-state index contributed by atoms with van der Waals surface area (Å²) >= 11 is 0. The summed E-state index contributed by atoms with van der Waals surface area (Å²) in [6.07, 6.45) is 4.16. The van der Waals surface area contributed by atoms with Crippen molar-refractivity contribution in [3.8, 4) is 0 Å². The summed E-state index contributed by atoms with van der Waals surface area (Å²) in [5.41, 5.74) is 1.13. The normalized spacial score (nSPS) is 12.5. The van der Waals surface area contributed by atoms with Gasteiger partial charge in [0.15, 0.2) is 0 Å². The first-order valence-electron chi connectivity index (χ1n) is 4.09. The highest BCUT2D eigenvalue weighted by molar-refractivity contribution is 5.76. The van der Waals surface area contributed by atoms with Crippen LogP contribution in [-0.2, 0) is 4.79 Å². The zero-order chi connectivity index (χ0) is 8.97. The van der Waals surface area contributed by atoms with Crippen LogP contribution in [0.5, 0.6) is 0 Å². The molecule has 1 rings (SSSR count). The quantitative estimate of drug-likeness (QED) is 0.683. The second-order valence-electron chi connectivity index (χ2n) is 3.09. The van der Waals surface area contributed by atoms with Crippen molar-refractivity contribution < 1.29 is 4.79 Å². The summed E-state index contributed by atoms with van der Waals surface area (Å²) in [6.45, 7) is 3.66. The molecule has 1 unspecified atom stereocenters. The van der Waals surface area contributed by atoms with E-state index in [1.54, 1.807) is 13.1 Å². The van der Waals surface area contributed by atoms with Gasteiger partial charge >= 0.3 is 0 Å². The molecule has 64 valence electrons. The summed E-state index contributed by atoms with van der Waals surface area (Å²) in [6, 6.07) is 3.90. The Balaban J connectivity index is 2.65. The van der Waals surface area contributed by atoms with Crippen molar-refractivity contribution in [2.75, 3.05) is 0 Å². The minimum atomic E-state index is 0.228. The lowest BCUT2D eigenvalue weighted by molar-refractivity contribution is -0.117. The van der Waals surface area contributed by atoms with E-state index in [1.807, 2.05) is 25.3 Å². The Morgan fingerprint density at radius 2 is 2.42 bits per heavy atom. The SMILES string of the molecule is CC(=O)CC(C)c1cccnc1. The van der Waals surface area contributed by atoms with E-state index in [9.17, 15) is 4.79 Å². The van der Waals surface area contributed by atoms with Crippen LogP contribution in [0.25, 0.3) is 0 Å². The number of nitrogens with zero attached hydrogens (tertiary/aromatic N) is 1. The number of pyridine rings is 1. The predicted octanol–water partition coefficient (Wildman–Crippen LogP) is 2.16. The largest absolute Gasteiger partial charge is 0.300 e. The van der Waals surface area contributed by atoms with Crippen LogP contribution in [0.1, 0.15) is 31.7 Å². The molecule has 0 fully saturated rings. The number of Topliss-reactive ketones (excluding diaryl/α,β-unsaturated/α-hetero) is 1. The molecule has 2 heteroatoms. The number of hydrogen-bond acceptors (Lipinski definition) is 2. The van der Waals surface area contributed by atoms with Crippen LogP contribution in [0.3, 0.4) is 0 Å². The summed E-state index contributed by atoms with van der Waals surface area (Å²) in [5, 5.41) is 0. The third kappa shape index (κ3) is 2.46. The van der Waals surface area contributed by atoms with Gasteiger partial charge < -0.3 is 4.79 Å². The molecule has 1 aromatic heterocycles. The molecule has 0 N–H and O–H groups in total. The van der Waals surface area contributed by atoms with Crippen LogP contribution in [0.2, 0.25) is 0 Å². The monoisotopic (exact) mass is 163 g/mol. The van der Waals surface area contributed by atoms with E-state index in [1.165, 1.54) is 0 Å². The summed E-state index contributed by atoms with van der Waals surface area (Å²) < 4.78 is 0. The molecule has 1 aromatic rings. The van der Waals surface area contributed by atoms with Gasteiger partial charge in [0.05, 0.1) is 0 Å². The van der Waals surface area contributed by atoms with Crippen LogP contribution in [0, 0.1) is 0 Å². The van der Waals surface area contributed by atoms with Gasteiger partial charge in [0.25, 0.3) is 0 Å². The summed E-state index contributed by atoms with van der Waals surface area (Å²) in [7, 11) is 0. The van der Waals surface area contributed by atoms with Gasteiger partial charge in [-0.2, -0.15) is 0 Å². The number of aromatic nitrogens is 1. The van der Waals surface area contributed by atoms with Crippen molar-refractivity contribution in [3.63, 3.8) is 0 Å². The highest BCUT2D eigenvalue weighted by Crippen LogP contribution is 2.17. The van der Waals surface area contributed by atoms with Gasteiger partial charge in [-0.1, -0.05) is 13.0 Å². The lowest BCUT2D eigenvalue weighted by Gasteiger charge is -2.07. The van der Waals surface area contributed by atoms with Crippen molar-refractivity contribution >= 4 is 5.78 Å². The molecular formula is C10H13NO. The first-order chi connectivity index (χ1) is 5.70. The first kappa shape index (κ1) is 8.91. The fourth-order valence-electron chi connectivity index (χ4n) is 1.22. The van der Waals surface area contributed by atoms with E-state index in [-0.39, 0.29) is 11.7 Å². The maximum Gasteiger partial charge on any atom is 0.130 e. The lowest BCUT2D eigenvalue weighted by Crippen LogP contribution is -2.00. The van der Waals surface area contributed by atoms with Crippen LogP contribution >= 0.6 is 0 Å². The molecule has 0 aliphatic carbocycles. The van der Waals surface area contributed by atoms with Gasteiger partial charge in [0.1, 0.15) is 5.78 Å². The number of hydrogen-bond donors (Lipinski definition) is 0. The van der Waals surface area contributed by atoms with Crippen molar-refractivity contribution in [2.24, 2.45) is 0 Å². The highest BCUT2D eigenvalue weighted by atomic mass is 16.1. The summed E-state index contributed by atoms with van der Waals surface area (Å²) in [5.74, 6) is 0.516. The maximum absolute atomic E-state index is 10.8. The Hall–Kier alpha value is -1.18. The van der Waals surface area contributed by atoms with Gasteiger partial charge in [0, 0.05) is 18.8 Å². The minimum Gasteiger partial charge on any atom is -0.300 e. The van der Waals surface area contributed by atoms with Crippen molar-refractivity contribution in [1.82, 2.24) is 4.98 Å². The molecule has 0 saturated heterocycles. The molecule has 0 spiro atoms. The Bertz CT molecular complexity index is 256. The lowest BCUT2D eigenvalue weighted by atomic mass is 9.98. The van der Waals surface area contributed by atoms with Crippen molar-refractivity contribution in [3.05, 3.63) is 30.1 Å². The molecule has 0 amide bonds. The van der Waals surface area contributed by atoms with E-state index in [2.05, 4.69) is 4.98 Å². The van der Waals surface area contributed by atoms with E-state index in [0.29, 0.717) is 6.42 Å². The Morgan fingerprint density at radius 3 is 2.92 bits per heavy atom. The molecule has 0 aromatic carbocycles. The van der Waals surface area contributed by atoms with Gasteiger partial charge in [-0.15, -0.1) is 0 Å². The van der Waals surface area contributed by atoms with E-state index >= 15 is 0 Å². The van der Waals surface area contributed by atoms with Gasteiger partial charge in [-0.3, -0.25) is 4.98 Å². The topological polar surface area (TPSA) is 30.0 Å². The maximum atomic E-state index is 10.8. The Morgan fingerprint density at radius 1 is 1.67 bits per heavy atom. The average Bonchev–Trinajstić information content (AvgIpc) is 2.05. The molecule has 0 bridgehead atoms. The van der Waals surface area contributed by atoms with Gasteiger partial charge in [0.2, 0.25) is 0 Å². The molecule has 2 nitrogen and oxygen atoms in total. The standard InChI is InChI=1S/C10H13NO/c1-8(6-9(2)12)10-4-3-5-11-7-10/h3-5,7-8H,6H2,1-2H3. The number of carbonyl (C=O) groups excluding carboxylic acids is 1. The summed E-state index contributed by atoms with van der Waals surface area (Å²) in [4.78, 5) is 14.8. The fourth-order valence-corrected chi connectivity index (χ4v) is 1.22. The molecule has 1 atom stereocenters. The third-order valence-electron chi connectivity index (χ3n) is 1.85. The van der Waals surface area contributed by atoms with Crippen molar-refractivity contribution in [2.45, 2.75) is 26.2 Å². The minimum absolute atomic E-state index is 0.228. The predicted molar refractivity (Wildman–Crippen MR) is 48.0 cm³/mol. The molecular weight excluding hydrogens is 150 g/mol. The average molecular weight is 163 g/mol. The second-order valence-corrected chi connectivity index (χ2v) is 3.09. The van der Waals surface area contributed by atoms with Crippen LogP contribution < -0.4 is 0 Å². The fraction of sp³-hybridized carbons (Fsp3) is 0.400. The molecule has 0 radical (unpaired) electrons. The van der Waals surface area contributed by atoms with E-state index in [4.69, 9.17) is 0 Å². The van der Waals surface area contributed by atoms with Crippen LogP contribution in [0.4, 0.5) is 0 Å². The van der Waals surface area contributed by atoms with E-state index < -0.39 is 0 Å². The zero-order valence-corrected chi connectivity index (χ0v) is 7.45. The number of carbonyl (C=O) groups is 1. The van der Waals surface area contributed by atoms with E-state index in [0.717, 1.165) is 5.56 Å². The van der Waals surface area contributed by atoms with Gasteiger partial charge in [-0.05, 0) is 24.5 Å². The third-order valence-corrected chi connectivity index (χ3v) is 1.85. The second kappa shape index (κ2) is 4.00. The van der Waals surface area contributed by atoms with Gasteiger partial charge in [-0.25, -0.2) is 0 Å². The molecule has 12 heavy (non-hydrogen) atoms. The molecule has 0 saturated carbocycles. The Labute approximate surface area is 72.6 Å². The smallest absolute Gasteiger partial charge is 0.130 e. The Kier molecular flexibility index (Phi) is 2.97. The molecule has 1 heterocycles. The molecule has 0 aliphatic heterocycles. The number of ketones is 1. The number of rotatable bonds is 3. The van der Waals surface area contributed by atoms with Crippen LogP contribution in [0.15, 0.2) is 24.5 Å². The molecule has 0 aliphatic rings. The van der Waals surface area contributed by atoms with Crippen LogP contribution in [-0.4, -0.2) is 10.8 Å².